The van der Waals surface area contributed by atoms with Gasteiger partial charge in [-0.3, -0.25) is 0 Å². The maximum atomic E-state index is 13.1. The summed E-state index contributed by atoms with van der Waals surface area (Å²) in [6, 6.07) is 5.40. The fourth-order valence-corrected chi connectivity index (χ4v) is 2.43. The summed E-state index contributed by atoms with van der Waals surface area (Å²) in [5.74, 6) is 0. The van der Waals surface area contributed by atoms with Crippen molar-refractivity contribution in [3.63, 3.8) is 0 Å². The van der Waals surface area contributed by atoms with Gasteiger partial charge in [-0.1, -0.05) is 12.1 Å². The zero-order chi connectivity index (χ0) is 15.6. The van der Waals surface area contributed by atoms with Crippen LogP contribution in [0.4, 0.5) is 13.2 Å². The zero-order valence-corrected chi connectivity index (χ0v) is 11.9. The van der Waals surface area contributed by atoms with Gasteiger partial charge in [-0.25, -0.2) is 4.68 Å². The molecule has 0 saturated heterocycles. The number of alkyl halides is 3. The van der Waals surface area contributed by atoms with Crippen LogP contribution in [0, 0.1) is 13.8 Å². The lowest BCUT2D eigenvalue weighted by Gasteiger charge is -2.13. The number of aliphatic hydroxyl groups is 1. The van der Waals surface area contributed by atoms with Crippen LogP contribution < -0.4 is 0 Å². The number of aromatic nitrogens is 2. The van der Waals surface area contributed by atoms with Gasteiger partial charge in [0.1, 0.15) is 0 Å². The third kappa shape index (κ3) is 3.10. The second-order valence-electron chi connectivity index (χ2n) is 4.90. The maximum absolute atomic E-state index is 13.1. The number of rotatable bonds is 4. The van der Waals surface area contributed by atoms with Crippen molar-refractivity contribution in [2.75, 3.05) is 6.61 Å². The molecule has 3 nitrogen and oxygen atoms in total. The molecule has 6 heteroatoms. The summed E-state index contributed by atoms with van der Waals surface area (Å²) >= 11 is 0. The summed E-state index contributed by atoms with van der Waals surface area (Å²) in [6.45, 7) is 3.56. The molecule has 0 bridgehead atoms. The highest BCUT2D eigenvalue weighted by atomic mass is 19.4. The van der Waals surface area contributed by atoms with Gasteiger partial charge in [0, 0.05) is 12.3 Å². The minimum atomic E-state index is -4.42. The molecule has 2 aromatic rings. The predicted molar refractivity (Wildman–Crippen MR) is 73.4 cm³/mol. The van der Waals surface area contributed by atoms with E-state index in [2.05, 4.69) is 5.10 Å². The van der Waals surface area contributed by atoms with E-state index in [0.29, 0.717) is 24.2 Å². The summed E-state index contributed by atoms with van der Waals surface area (Å²) in [7, 11) is 0. The molecule has 1 aromatic carbocycles. The number of aliphatic hydroxyl groups excluding tert-OH is 1. The van der Waals surface area contributed by atoms with Gasteiger partial charge in [0.25, 0.3) is 0 Å². The Kier molecular flexibility index (Phi) is 4.37. The highest BCUT2D eigenvalue weighted by Gasteiger charge is 2.34. The maximum Gasteiger partial charge on any atom is 0.418 e. The predicted octanol–water partition coefficient (Wildman–Crippen LogP) is 3.43. The summed E-state index contributed by atoms with van der Waals surface area (Å²) < 4.78 is 40.6. The average Bonchev–Trinajstić information content (AvgIpc) is 2.71. The smallest absolute Gasteiger partial charge is 0.396 e. The van der Waals surface area contributed by atoms with Gasteiger partial charge >= 0.3 is 6.18 Å². The van der Waals surface area contributed by atoms with Crippen LogP contribution in [0.1, 0.15) is 28.9 Å². The van der Waals surface area contributed by atoms with E-state index >= 15 is 0 Å². The second-order valence-corrected chi connectivity index (χ2v) is 4.90. The quantitative estimate of drug-likeness (QED) is 0.939. The van der Waals surface area contributed by atoms with Gasteiger partial charge in [0.05, 0.1) is 16.9 Å². The first-order valence-corrected chi connectivity index (χ1v) is 6.68. The minimum absolute atomic E-state index is 0.0286. The number of benzene rings is 1. The molecule has 114 valence electrons. The number of para-hydroxylation sites is 1. The van der Waals surface area contributed by atoms with Crippen LogP contribution in [0.2, 0.25) is 0 Å². The first-order chi connectivity index (χ1) is 9.86. The molecule has 0 saturated carbocycles. The van der Waals surface area contributed by atoms with E-state index in [-0.39, 0.29) is 12.3 Å². The van der Waals surface area contributed by atoms with Crippen molar-refractivity contribution in [3.05, 3.63) is 46.8 Å². The van der Waals surface area contributed by atoms with Crippen LogP contribution >= 0.6 is 0 Å². The van der Waals surface area contributed by atoms with Crippen LogP contribution in [0.3, 0.4) is 0 Å². The summed E-state index contributed by atoms with van der Waals surface area (Å²) in [6.07, 6.45) is -3.26. The molecule has 0 aliphatic rings. The Hall–Kier alpha value is -1.82. The molecule has 2 rings (SSSR count). The monoisotopic (exact) mass is 298 g/mol. The summed E-state index contributed by atoms with van der Waals surface area (Å²) in [5, 5.41) is 13.2. The van der Waals surface area contributed by atoms with E-state index in [0.717, 1.165) is 11.6 Å². The van der Waals surface area contributed by atoms with Crippen molar-refractivity contribution < 1.29 is 18.3 Å². The first-order valence-electron chi connectivity index (χ1n) is 6.68. The van der Waals surface area contributed by atoms with Crippen molar-refractivity contribution in [1.29, 1.82) is 0 Å². The highest BCUT2D eigenvalue weighted by molar-refractivity contribution is 5.45. The Bertz CT molecular complexity index is 632. The van der Waals surface area contributed by atoms with Crippen LogP contribution in [0.5, 0.6) is 0 Å². The molecule has 0 amide bonds. The van der Waals surface area contributed by atoms with Crippen LogP contribution in [0.15, 0.2) is 24.3 Å². The van der Waals surface area contributed by atoms with Crippen LogP contribution in [0.25, 0.3) is 5.69 Å². The molecule has 0 fully saturated rings. The molecular formula is C15H17F3N2O. The van der Waals surface area contributed by atoms with Gasteiger partial charge in [-0.05, 0) is 44.4 Å². The van der Waals surface area contributed by atoms with Gasteiger partial charge < -0.3 is 5.11 Å². The van der Waals surface area contributed by atoms with Crippen molar-refractivity contribution in [1.82, 2.24) is 9.78 Å². The Balaban J connectivity index is 2.54. The minimum Gasteiger partial charge on any atom is -0.396 e. The standard InChI is InChI=1S/C15H17F3N2O/c1-10-12(6-5-9-21)11(2)20(19-10)14-8-4-3-7-13(14)15(16,17)18/h3-4,7-8,21H,5-6,9H2,1-2H3. The van der Waals surface area contributed by atoms with E-state index in [1.54, 1.807) is 19.9 Å². The topological polar surface area (TPSA) is 38.0 Å². The van der Waals surface area contributed by atoms with Gasteiger partial charge in [0.2, 0.25) is 0 Å². The third-order valence-corrected chi connectivity index (χ3v) is 3.46. The van der Waals surface area contributed by atoms with Gasteiger partial charge in [0.15, 0.2) is 0 Å². The van der Waals surface area contributed by atoms with Crippen molar-refractivity contribution in [2.45, 2.75) is 32.9 Å². The van der Waals surface area contributed by atoms with Crippen LogP contribution in [-0.2, 0) is 12.6 Å². The summed E-state index contributed by atoms with van der Waals surface area (Å²) in [4.78, 5) is 0. The first kappa shape index (κ1) is 15.6. The Morgan fingerprint density at radius 3 is 2.48 bits per heavy atom. The molecule has 0 radical (unpaired) electrons. The van der Waals surface area contributed by atoms with Crippen molar-refractivity contribution in [3.8, 4) is 5.69 Å². The van der Waals surface area contributed by atoms with E-state index in [9.17, 15) is 13.2 Å². The molecule has 0 unspecified atom stereocenters. The molecule has 0 atom stereocenters. The van der Waals surface area contributed by atoms with E-state index in [1.807, 2.05) is 0 Å². The average molecular weight is 298 g/mol. The number of halogens is 3. The van der Waals surface area contributed by atoms with E-state index in [4.69, 9.17) is 5.11 Å². The molecule has 21 heavy (non-hydrogen) atoms. The Morgan fingerprint density at radius 2 is 1.86 bits per heavy atom. The summed E-state index contributed by atoms with van der Waals surface area (Å²) in [5.41, 5.74) is 1.58. The number of aryl methyl sites for hydroxylation is 1. The molecule has 1 N–H and O–H groups in total. The number of nitrogens with zero attached hydrogens (tertiary/aromatic N) is 2. The lowest BCUT2D eigenvalue weighted by Crippen LogP contribution is -2.12. The molecule has 0 aliphatic heterocycles. The largest absolute Gasteiger partial charge is 0.418 e. The molecule has 1 aromatic heterocycles. The number of hydrogen-bond donors (Lipinski definition) is 1. The molecule has 0 spiro atoms. The van der Waals surface area contributed by atoms with Gasteiger partial charge in [-0.15, -0.1) is 0 Å². The normalized spacial score (nSPS) is 11.9. The van der Waals surface area contributed by atoms with Crippen molar-refractivity contribution >= 4 is 0 Å². The molecule has 0 aliphatic carbocycles. The van der Waals surface area contributed by atoms with E-state index in [1.165, 1.54) is 16.8 Å². The Morgan fingerprint density at radius 1 is 1.19 bits per heavy atom. The van der Waals surface area contributed by atoms with Gasteiger partial charge in [-0.2, -0.15) is 18.3 Å². The van der Waals surface area contributed by atoms with Crippen molar-refractivity contribution in [2.24, 2.45) is 0 Å². The Labute approximate surface area is 121 Å². The van der Waals surface area contributed by atoms with E-state index < -0.39 is 11.7 Å². The lowest BCUT2D eigenvalue weighted by molar-refractivity contribution is -0.137. The fraction of sp³-hybridized carbons (Fsp3) is 0.400. The molecular weight excluding hydrogens is 281 g/mol. The lowest BCUT2D eigenvalue weighted by atomic mass is 10.1. The number of hydrogen-bond acceptors (Lipinski definition) is 2. The van der Waals surface area contributed by atoms with Crippen LogP contribution in [-0.4, -0.2) is 21.5 Å². The second kappa shape index (κ2) is 5.89. The molecule has 1 heterocycles. The SMILES string of the molecule is Cc1nn(-c2ccccc2C(F)(F)F)c(C)c1CCCO. The third-order valence-electron chi connectivity index (χ3n) is 3.46. The highest BCUT2D eigenvalue weighted by Crippen LogP contribution is 2.34. The fourth-order valence-electron chi connectivity index (χ4n) is 2.43. The zero-order valence-electron chi connectivity index (χ0n) is 11.9.